The van der Waals surface area contributed by atoms with Gasteiger partial charge in [-0.05, 0) is 42.7 Å². The minimum Gasteiger partial charge on any atom is -0.499 e. The summed E-state index contributed by atoms with van der Waals surface area (Å²) in [6.07, 6.45) is 10.7. The van der Waals surface area contributed by atoms with Crippen LogP contribution in [0.15, 0.2) is 42.2 Å². The number of rotatable bonds is 20. The smallest absolute Gasteiger partial charge is 0.338 e. The third-order valence-corrected chi connectivity index (χ3v) is 7.81. The molecule has 45 heavy (non-hydrogen) atoms. The Bertz CT molecular complexity index is 1140. The molecule has 3 rings (SSSR count). The summed E-state index contributed by atoms with van der Waals surface area (Å²) in [5.41, 5.74) is 1.46. The third-order valence-electron chi connectivity index (χ3n) is 7.81. The van der Waals surface area contributed by atoms with Gasteiger partial charge < -0.3 is 39.8 Å². The van der Waals surface area contributed by atoms with Crippen molar-refractivity contribution in [1.82, 2.24) is 10.6 Å². The van der Waals surface area contributed by atoms with E-state index in [2.05, 4.69) is 24.5 Å². The highest BCUT2D eigenvalue weighted by atomic mass is 16.8. The lowest BCUT2D eigenvalue weighted by Crippen LogP contribution is -2.44. The Morgan fingerprint density at radius 2 is 1.76 bits per heavy atom. The molecule has 3 unspecified atom stereocenters. The standard InChI is InChI=1S/C34H50N2O9/c1-3-5-7-14-34(15-8-6-4-2)44-29-24-27(32(40)36-16-12-30(39)35-17-18-37)23-28(31(29)45-34)43-33(41)26-11-9-10-25(22-26)13-20-42-21-19-38/h9-11,13,20,22,24,28-29,31,37-38H,3-8,12,14-19,21,23H2,1-2H3,(H,35,39)(H,36,40). The number of hydrogen-bond donors (Lipinski definition) is 4. The quantitative estimate of drug-likeness (QED) is 0.0958. The molecule has 0 radical (unpaired) electrons. The molecule has 1 aliphatic carbocycles. The maximum atomic E-state index is 13.4. The minimum atomic E-state index is -0.823. The van der Waals surface area contributed by atoms with Gasteiger partial charge in [0.25, 0.3) is 0 Å². The van der Waals surface area contributed by atoms with Crippen molar-refractivity contribution >= 4 is 23.9 Å². The summed E-state index contributed by atoms with van der Waals surface area (Å²) in [4.78, 5) is 38.6. The number of carbonyl (C=O) groups excluding carboxylic acids is 3. The van der Waals surface area contributed by atoms with Crippen molar-refractivity contribution in [3.05, 3.63) is 53.3 Å². The van der Waals surface area contributed by atoms with E-state index >= 15 is 0 Å². The molecule has 1 saturated heterocycles. The summed E-state index contributed by atoms with van der Waals surface area (Å²) in [6.45, 7) is 4.47. The summed E-state index contributed by atoms with van der Waals surface area (Å²) in [7, 11) is 0. The van der Waals surface area contributed by atoms with Gasteiger partial charge in [-0.25, -0.2) is 4.79 Å². The highest BCUT2D eigenvalue weighted by Crippen LogP contribution is 2.43. The summed E-state index contributed by atoms with van der Waals surface area (Å²) in [6, 6.07) is 6.89. The monoisotopic (exact) mass is 630 g/mol. The second-order valence-electron chi connectivity index (χ2n) is 11.4. The van der Waals surface area contributed by atoms with Crippen LogP contribution in [0.3, 0.4) is 0 Å². The first-order valence-electron chi connectivity index (χ1n) is 16.3. The van der Waals surface area contributed by atoms with Gasteiger partial charge in [-0.2, -0.15) is 0 Å². The van der Waals surface area contributed by atoms with Crippen molar-refractivity contribution in [3.63, 3.8) is 0 Å². The van der Waals surface area contributed by atoms with Gasteiger partial charge in [0, 0.05) is 44.3 Å². The van der Waals surface area contributed by atoms with E-state index in [1.54, 1.807) is 30.4 Å². The maximum absolute atomic E-state index is 13.4. The molecule has 1 aromatic rings. The second-order valence-corrected chi connectivity index (χ2v) is 11.4. The van der Waals surface area contributed by atoms with Crippen molar-refractivity contribution in [3.8, 4) is 0 Å². The molecule has 1 aromatic carbocycles. The van der Waals surface area contributed by atoms with Crippen molar-refractivity contribution < 1.29 is 43.5 Å². The number of benzene rings is 1. The molecule has 11 nitrogen and oxygen atoms in total. The molecular formula is C34H50N2O9. The van der Waals surface area contributed by atoms with Crippen LogP contribution in [0.1, 0.15) is 94.0 Å². The molecule has 4 N–H and O–H groups in total. The lowest BCUT2D eigenvalue weighted by atomic mass is 9.91. The van der Waals surface area contributed by atoms with Gasteiger partial charge in [0.2, 0.25) is 11.8 Å². The van der Waals surface area contributed by atoms with Gasteiger partial charge in [-0.3, -0.25) is 9.59 Å². The van der Waals surface area contributed by atoms with Crippen LogP contribution in [0.5, 0.6) is 0 Å². The average Bonchev–Trinajstić information content (AvgIpc) is 3.41. The number of carbonyl (C=O) groups is 3. The first-order chi connectivity index (χ1) is 21.8. The Labute approximate surface area is 266 Å². The minimum absolute atomic E-state index is 0.0664. The predicted octanol–water partition coefficient (Wildman–Crippen LogP) is 3.78. The van der Waals surface area contributed by atoms with Gasteiger partial charge in [0.15, 0.2) is 5.79 Å². The van der Waals surface area contributed by atoms with Crippen LogP contribution >= 0.6 is 0 Å². The molecule has 0 spiro atoms. The number of fused-ring (bicyclic) bond motifs is 1. The molecule has 1 heterocycles. The van der Waals surface area contributed by atoms with Gasteiger partial charge in [-0.1, -0.05) is 51.7 Å². The number of ether oxygens (including phenoxy) is 4. The summed E-state index contributed by atoms with van der Waals surface area (Å²) < 4.78 is 24.5. The molecular weight excluding hydrogens is 580 g/mol. The van der Waals surface area contributed by atoms with E-state index in [1.165, 1.54) is 6.26 Å². The van der Waals surface area contributed by atoms with E-state index in [0.29, 0.717) is 24.0 Å². The normalized spacial score (nSPS) is 20.4. The van der Waals surface area contributed by atoms with Gasteiger partial charge >= 0.3 is 5.97 Å². The summed E-state index contributed by atoms with van der Waals surface area (Å²) in [5, 5.41) is 23.1. The molecule has 2 amide bonds. The average molecular weight is 631 g/mol. The Morgan fingerprint density at radius 1 is 1.00 bits per heavy atom. The molecule has 3 atom stereocenters. The fraction of sp³-hybridized carbons (Fsp3) is 0.618. The van der Waals surface area contributed by atoms with E-state index < -0.39 is 30.1 Å². The summed E-state index contributed by atoms with van der Waals surface area (Å²) >= 11 is 0. The fourth-order valence-electron chi connectivity index (χ4n) is 5.51. The van der Waals surface area contributed by atoms with Crippen LogP contribution < -0.4 is 10.6 Å². The van der Waals surface area contributed by atoms with Crippen molar-refractivity contribution in [2.75, 3.05) is 32.9 Å². The molecule has 2 aliphatic rings. The van der Waals surface area contributed by atoms with E-state index in [9.17, 15) is 14.4 Å². The first-order valence-corrected chi connectivity index (χ1v) is 16.3. The molecule has 0 aromatic heterocycles. The topological polar surface area (TPSA) is 153 Å². The zero-order valence-electron chi connectivity index (χ0n) is 26.6. The predicted molar refractivity (Wildman–Crippen MR) is 169 cm³/mol. The van der Waals surface area contributed by atoms with Gasteiger partial charge in [0.1, 0.15) is 24.9 Å². The van der Waals surface area contributed by atoms with Crippen molar-refractivity contribution in [1.29, 1.82) is 0 Å². The van der Waals surface area contributed by atoms with Gasteiger partial charge in [-0.15, -0.1) is 0 Å². The molecule has 1 fully saturated rings. The Hall–Kier alpha value is -3.25. The van der Waals surface area contributed by atoms with Crippen LogP contribution in [0.4, 0.5) is 0 Å². The highest BCUT2D eigenvalue weighted by Gasteiger charge is 2.52. The second kappa shape index (κ2) is 19.3. The molecule has 0 bridgehead atoms. The lowest BCUT2D eigenvalue weighted by Gasteiger charge is -2.31. The highest BCUT2D eigenvalue weighted by molar-refractivity contribution is 5.94. The van der Waals surface area contributed by atoms with Crippen molar-refractivity contribution in [2.45, 2.75) is 102 Å². The zero-order chi connectivity index (χ0) is 32.5. The molecule has 11 heteroatoms. The number of unbranched alkanes of at least 4 members (excludes halogenated alkanes) is 4. The Balaban J connectivity index is 1.79. The van der Waals surface area contributed by atoms with Crippen LogP contribution in [0, 0.1) is 0 Å². The number of aliphatic hydroxyl groups excluding tert-OH is 2. The number of hydrogen-bond acceptors (Lipinski definition) is 9. The van der Waals surface area contributed by atoms with E-state index in [-0.39, 0.29) is 57.6 Å². The number of amides is 2. The van der Waals surface area contributed by atoms with E-state index in [1.807, 2.05) is 6.07 Å². The third kappa shape index (κ3) is 11.6. The van der Waals surface area contributed by atoms with Crippen LogP contribution in [-0.2, 0) is 28.5 Å². The van der Waals surface area contributed by atoms with Crippen LogP contribution in [-0.4, -0.2) is 85.0 Å². The van der Waals surface area contributed by atoms with Crippen molar-refractivity contribution in [2.24, 2.45) is 0 Å². The first kappa shape index (κ1) is 36.2. The molecule has 0 saturated carbocycles. The Morgan fingerprint density at radius 3 is 2.44 bits per heavy atom. The molecule has 250 valence electrons. The van der Waals surface area contributed by atoms with Crippen LogP contribution in [0.25, 0.3) is 6.08 Å². The number of nitrogens with one attached hydrogen (secondary N) is 2. The lowest BCUT2D eigenvalue weighted by molar-refractivity contribution is -0.190. The fourth-order valence-corrected chi connectivity index (χ4v) is 5.51. The Kier molecular flexibility index (Phi) is 15.5. The van der Waals surface area contributed by atoms with E-state index in [0.717, 1.165) is 44.1 Å². The molecule has 1 aliphatic heterocycles. The van der Waals surface area contributed by atoms with E-state index in [4.69, 9.17) is 29.2 Å². The SMILES string of the molecule is CCCCCC1(CCCCC)OC2C=C(C(=O)NCCC(=O)NCCO)CC(OC(=O)c3cccc(C=COCCO)c3)C2O1. The van der Waals surface area contributed by atoms with Gasteiger partial charge in [0.05, 0.1) is 25.0 Å². The zero-order valence-corrected chi connectivity index (χ0v) is 26.6. The largest absolute Gasteiger partial charge is 0.499 e. The summed E-state index contributed by atoms with van der Waals surface area (Å²) in [5.74, 6) is -2.01. The number of esters is 1. The maximum Gasteiger partial charge on any atom is 0.338 e. The number of aliphatic hydroxyl groups is 2. The van der Waals surface area contributed by atoms with Crippen LogP contribution in [0.2, 0.25) is 0 Å².